The van der Waals surface area contributed by atoms with Gasteiger partial charge in [-0.2, -0.15) is 4.98 Å². The topological polar surface area (TPSA) is 70.7 Å². The van der Waals surface area contributed by atoms with Crippen molar-refractivity contribution >= 4 is 0 Å². The van der Waals surface area contributed by atoms with E-state index >= 15 is 0 Å². The summed E-state index contributed by atoms with van der Waals surface area (Å²) in [7, 11) is 1.82. The Morgan fingerprint density at radius 2 is 2.25 bits per heavy atom. The molecule has 0 amide bonds. The van der Waals surface area contributed by atoms with Crippen LogP contribution in [0.4, 0.5) is 0 Å². The van der Waals surface area contributed by atoms with Crippen molar-refractivity contribution in [3.05, 3.63) is 46.6 Å². The summed E-state index contributed by atoms with van der Waals surface area (Å²) in [4.78, 5) is 22.0. The monoisotopic (exact) mass is 216 g/mol. The van der Waals surface area contributed by atoms with Crippen molar-refractivity contribution in [1.82, 2.24) is 20.3 Å². The fourth-order valence-electron chi connectivity index (χ4n) is 1.44. The van der Waals surface area contributed by atoms with Gasteiger partial charge in [0.15, 0.2) is 0 Å². The molecule has 0 aliphatic rings. The highest BCUT2D eigenvalue weighted by Gasteiger charge is 2.03. The van der Waals surface area contributed by atoms with Gasteiger partial charge in [0.2, 0.25) is 0 Å². The lowest BCUT2D eigenvalue weighted by atomic mass is 10.2. The lowest BCUT2D eigenvalue weighted by molar-refractivity contribution is 0.779. The van der Waals surface area contributed by atoms with Crippen molar-refractivity contribution < 1.29 is 0 Å². The second kappa shape index (κ2) is 4.67. The van der Waals surface area contributed by atoms with Crippen LogP contribution < -0.4 is 11.0 Å². The number of aromatic nitrogens is 3. The molecule has 0 fully saturated rings. The van der Waals surface area contributed by atoms with Crippen molar-refractivity contribution in [2.24, 2.45) is 0 Å². The molecule has 0 unspecified atom stereocenters. The van der Waals surface area contributed by atoms with Gasteiger partial charge in [0.25, 0.3) is 0 Å². The van der Waals surface area contributed by atoms with E-state index in [0.29, 0.717) is 17.9 Å². The van der Waals surface area contributed by atoms with E-state index in [0.717, 1.165) is 5.69 Å². The van der Waals surface area contributed by atoms with Crippen molar-refractivity contribution in [1.29, 1.82) is 0 Å². The molecule has 16 heavy (non-hydrogen) atoms. The van der Waals surface area contributed by atoms with Crippen LogP contribution in [0.3, 0.4) is 0 Å². The van der Waals surface area contributed by atoms with E-state index in [2.05, 4.69) is 20.3 Å². The lowest BCUT2D eigenvalue weighted by Gasteiger charge is -2.02. The molecule has 0 aromatic carbocycles. The fourth-order valence-corrected chi connectivity index (χ4v) is 1.44. The average Bonchev–Trinajstić information content (AvgIpc) is 2.30. The maximum Gasteiger partial charge on any atom is 0.345 e. The molecule has 0 saturated carbocycles. The second-order valence-electron chi connectivity index (χ2n) is 3.34. The molecule has 82 valence electrons. The predicted octanol–water partition coefficient (Wildman–Crippen LogP) is 0.551. The van der Waals surface area contributed by atoms with Crippen molar-refractivity contribution in [3.8, 4) is 11.4 Å². The van der Waals surface area contributed by atoms with Crippen LogP contribution in [0, 0.1) is 0 Å². The number of H-pyrrole nitrogens is 1. The molecule has 2 N–H and O–H groups in total. The Morgan fingerprint density at radius 3 is 2.94 bits per heavy atom. The highest BCUT2D eigenvalue weighted by molar-refractivity contribution is 5.53. The van der Waals surface area contributed by atoms with Crippen LogP contribution in [-0.2, 0) is 6.54 Å². The van der Waals surface area contributed by atoms with Gasteiger partial charge in [-0.25, -0.2) is 4.79 Å². The largest absolute Gasteiger partial charge is 0.345 e. The first-order chi connectivity index (χ1) is 7.79. The summed E-state index contributed by atoms with van der Waals surface area (Å²) in [6.45, 7) is 0.595. The fraction of sp³-hybridized carbons (Fsp3) is 0.182. The van der Waals surface area contributed by atoms with Crippen molar-refractivity contribution in [2.75, 3.05) is 7.05 Å². The third-order valence-electron chi connectivity index (χ3n) is 2.09. The molecule has 0 saturated heterocycles. The number of rotatable bonds is 3. The van der Waals surface area contributed by atoms with Gasteiger partial charge < -0.3 is 10.3 Å². The highest BCUT2D eigenvalue weighted by Crippen LogP contribution is 2.11. The van der Waals surface area contributed by atoms with Crippen LogP contribution in [0.1, 0.15) is 5.69 Å². The number of hydrogen-bond acceptors (Lipinski definition) is 4. The molecule has 2 aromatic rings. The Bertz CT molecular complexity index is 521. The van der Waals surface area contributed by atoms with Crippen LogP contribution in [0.15, 0.2) is 35.3 Å². The quantitative estimate of drug-likeness (QED) is 0.786. The summed E-state index contributed by atoms with van der Waals surface area (Å²) in [5, 5.41) is 2.97. The average molecular weight is 216 g/mol. The van der Waals surface area contributed by atoms with Crippen LogP contribution in [0.5, 0.6) is 0 Å². The number of nitrogens with zero attached hydrogens (tertiary/aromatic N) is 2. The Kier molecular flexibility index (Phi) is 3.07. The Labute approximate surface area is 92.6 Å². The zero-order chi connectivity index (χ0) is 11.4. The van der Waals surface area contributed by atoms with E-state index in [1.54, 1.807) is 6.20 Å². The van der Waals surface area contributed by atoms with Gasteiger partial charge in [-0.15, -0.1) is 0 Å². The van der Waals surface area contributed by atoms with E-state index in [1.165, 1.54) is 0 Å². The van der Waals surface area contributed by atoms with Gasteiger partial charge in [0.1, 0.15) is 0 Å². The molecule has 2 aromatic heterocycles. The van der Waals surface area contributed by atoms with Crippen molar-refractivity contribution in [2.45, 2.75) is 6.54 Å². The van der Waals surface area contributed by atoms with E-state index < -0.39 is 0 Å². The van der Waals surface area contributed by atoms with Gasteiger partial charge in [-0.1, -0.05) is 6.07 Å². The number of nitrogens with one attached hydrogen (secondary N) is 2. The third-order valence-corrected chi connectivity index (χ3v) is 2.09. The Hall–Kier alpha value is -2.01. The molecule has 0 aliphatic carbocycles. The van der Waals surface area contributed by atoms with E-state index in [-0.39, 0.29) is 5.69 Å². The predicted molar refractivity (Wildman–Crippen MR) is 60.9 cm³/mol. The molecule has 2 rings (SSSR count). The molecule has 5 nitrogen and oxygen atoms in total. The van der Waals surface area contributed by atoms with E-state index in [9.17, 15) is 4.79 Å². The van der Waals surface area contributed by atoms with Gasteiger partial charge in [0, 0.05) is 18.4 Å². The number of pyridine rings is 1. The standard InChI is InChI=1S/C11H12N4O/c1-12-7-8-6-10(15-11(16)14-8)9-4-2-3-5-13-9/h2-6,12H,7H2,1H3,(H,14,15,16). The van der Waals surface area contributed by atoms with Crippen LogP contribution in [0.25, 0.3) is 11.4 Å². The van der Waals surface area contributed by atoms with Crippen molar-refractivity contribution in [3.63, 3.8) is 0 Å². The first kappa shape index (κ1) is 10.5. The highest BCUT2D eigenvalue weighted by atomic mass is 16.1. The van der Waals surface area contributed by atoms with Crippen LogP contribution in [0.2, 0.25) is 0 Å². The molecule has 0 atom stereocenters. The number of hydrogen-bond donors (Lipinski definition) is 2. The summed E-state index contributed by atoms with van der Waals surface area (Å²) in [6.07, 6.45) is 1.68. The lowest BCUT2D eigenvalue weighted by Crippen LogP contribution is -2.17. The normalized spacial score (nSPS) is 10.3. The summed E-state index contributed by atoms with van der Waals surface area (Å²) in [5.74, 6) is 0. The van der Waals surface area contributed by atoms with Gasteiger partial charge in [-0.3, -0.25) is 4.98 Å². The van der Waals surface area contributed by atoms with Crippen LogP contribution >= 0.6 is 0 Å². The SMILES string of the molecule is CNCc1cc(-c2ccccn2)nc(=O)[nH]1. The molecule has 0 bridgehead atoms. The van der Waals surface area contributed by atoms with Crippen LogP contribution in [-0.4, -0.2) is 22.0 Å². The maximum atomic E-state index is 11.3. The summed E-state index contributed by atoms with van der Waals surface area (Å²) < 4.78 is 0. The molecular formula is C11H12N4O. The number of aromatic amines is 1. The maximum absolute atomic E-state index is 11.3. The van der Waals surface area contributed by atoms with Gasteiger partial charge in [0.05, 0.1) is 11.4 Å². The molecule has 0 spiro atoms. The molecule has 2 heterocycles. The molecular weight excluding hydrogens is 204 g/mol. The Balaban J connectivity index is 2.45. The zero-order valence-corrected chi connectivity index (χ0v) is 8.90. The van der Waals surface area contributed by atoms with E-state index in [4.69, 9.17) is 0 Å². The molecule has 0 radical (unpaired) electrons. The summed E-state index contributed by atoms with van der Waals surface area (Å²) >= 11 is 0. The molecule has 5 heteroatoms. The first-order valence-electron chi connectivity index (χ1n) is 4.96. The Morgan fingerprint density at radius 1 is 1.38 bits per heavy atom. The minimum absolute atomic E-state index is 0.353. The summed E-state index contributed by atoms with van der Waals surface area (Å²) in [5.41, 5.74) is 1.73. The smallest absolute Gasteiger partial charge is 0.314 e. The minimum Gasteiger partial charge on any atom is -0.314 e. The second-order valence-corrected chi connectivity index (χ2v) is 3.34. The van der Waals surface area contributed by atoms with E-state index in [1.807, 2.05) is 31.3 Å². The first-order valence-corrected chi connectivity index (χ1v) is 4.96. The van der Waals surface area contributed by atoms with Gasteiger partial charge >= 0.3 is 5.69 Å². The zero-order valence-electron chi connectivity index (χ0n) is 8.90. The minimum atomic E-state index is -0.353. The van der Waals surface area contributed by atoms with Gasteiger partial charge in [-0.05, 0) is 25.2 Å². The summed E-state index contributed by atoms with van der Waals surface area (Å²) in [6, 6.07) is 7.33. The molecule has 0 aliphatic heterocycles. The third kappa shape index (κ3) is 2.32.